The fourth-order valence-corrected chi connectivity index (χ4v) is 3.73. The largest absolute Gasteiger partial charge is 0.497 e. The van der Waals surface area contributed by atoms with Crippen LogP contribution in [0, 0.1) is 0 Å². The van der Waals surface area contributed by atoms with Gasteiger partial charge in [0, 0.05) is 25.3 Å². The molecule has 1 saturated heterocycles. The third kappa shape index (κ3) is 5.26. The Balaban J connectivity index is 0.00000280. The van der Waals surface area contributed by atoms with Gasteiger partial charge in [0.15, 0.2) is 0 Å². The second-order valence-electron chi connectivity index (χ2n) is 7.17. The van der Waals surface area contributed by atoms with Crippen molar-refractivity contribution in [2.75, 3.05) is 26.7 Å². The van der Waals surface area contributed by atoms with E-state index in [1.807, 2.05) is 40.9 Å². The van der Waals surface area contributed by atoms with Gasteiger partial charge in [0.05, 0.1) is 13.2 Å². The lowest BCUT2D eigenvalue weighted by Gasteiger charge is -2.28. The number of nitrogens with zero attached hydrogens (tertiary/aromatic N) is 3. The van der Waals surface area contributed by atoms with Gasteiger partial charge in [-0.3, -0.25) is 9.48 Å². The highest BCUT2D eigenvalue weighted by Gasteiger charge is 2.24. The second kappa shape index (κ2) is 10.5. The summed E-state index contributed by atoms with van der Waals surface area (Å²) in [5, 5.41) is 7.98. The lowest BCUT2D eigenvalue weighted by atomic mass is 10.1. The van der Waals surface area contributed by atoms with E-state index >= 15 is 0 Å². The Bertz CT molecular complexity index is 741. The predicted molar refractivity (Wildman–Crippen MR) is 113 cm³/mol. The van der Waals surface area contributed by atoms with Gasteiger partial charge in [-0.25, -0.2) is 0 Å². The summed E-state index contributed by atoms with van der Waals surface area (Å²) in [7, 11) is 1.66. The van der Waals surface area contributed by atoms with E-state index in [9.17, 15) is 4.79 Å². The van der Waals surface area contributed by atoms with Gasteiger partial charge in [0.25, 0.3) is 5.91 Å². The molecule has 28 heavy (non-hydrogen) atoms. The number of ether oxygens (including phenoxy) is 1. The Morgan fingerprint density at radius 3 is 2.71 bits per heavy atom. The molecule has 1 aromatic carbocycles. The zero-order chi connectivity index (χ0) is 19.2. The molecule has 0 spiro atoms. The first-order valence-electron chi connectivity index (χ1n) is 9.82. The van der Waals surface area contributed by atoms with Gasteiger partial charge in [-0.05, 0) is 63.4 Å². The number of piperidine rings is 1. The van der Waals surface area contributed by atoms with Crippen LogP contribution < -0.4 is 10.1 Å². The molecule has 2 aromatic rings. The highest BCUT2D eigenvalue weighted by molar-refractivity contribution is 5.92. The molecule has 1 N–H and O–H groups in total. The third-order valence-electron chi connectivity index (χ3n) is 5.30. The van der Waals surface area contributed by atoms with Crippen molar-refractivity contribution in [1.82, 2.24) is 20.0 Å². The van der Waals surface area contributed by atoms with Crippen molar-refractivity contribution in [3.63, 3.8) is 0 Å². The standard InChI is InChI=1S/C21H30N4O2.ClH/c1-4-24(16(2)14-17-7-9-19(27-3)10-8-17)21(26)20-11-13-25(23-20)18-6-5-12-22-15-18;/h7-11,13,16,18,22H,4-6,12,14-15H2,1-3H3;1H. The van der Waals surface area contributed by atoms with Gasteiger partial charge >= 0.3 is 0 Å². The SMILES string of the molecule is CCN(C(=O)c1ccn(C2CCCNC2)n1)C(C)Cc1ccc(OC)cc1.Cl. The highest BCUT2D eigenvalue weighted by atomic mass is 35.5. The van der Waals surface area contributed by atoms with Crippen LogP contribution >= 0.6 is 12.4 Å². The van der Waals surface area contributed by atoms with Crippen LogP contribution in [0.5, 0.6) is 5.75 Å². The maximum Gasteiger partial charge on any atom is 0.274 e. The Morgan fingerprint density at radius 2 is 2.11 bits per heavy atom. The number of carbonyl (C=O) groups is 1. The average Bonchev–Trinajstić information content (AvgIpc) is 3.20. The van der Waals surface area contributed by atoms with E-state index in [4.69, 9.17) is 4.74 Å². The zero-order valence-corrected chi connectivity index (χ0v) is 17.7. The van der Waals surface area contributed by atoms with E-state index in [2.05, 4.69) is 29.5 Å². The Hall–Kier alpha value is -2.05. The summed E-state index contributed by atoms with van der Waals surface area (Å²) < 4.78 is 7.16. The molecule has 1 amide bonds. The Morgan fingerprint density at radius 1 is 1.36 bits per heavy atom. The summed E-state index contributed by atoms with van der Waals surface area (Å²) in [5.41, 5.74) is 1.72. The molecule has 1 fully saturated rings. The molecule has 3 rings (SSSR count). The topological polar surface area (TPSA) is 59.4 Å². The van der Waals surface area contributed by atoms with Crippen molar-refractivity contribution in [3.8, 4) is 5.75 Å². The number of likely N-dealkylation sites (N-methyl/N-ethyl adjacent to an activating group) is 1. The molecule has 0 radical (unpaired) electrons. The molecule has 2 heterocycles. The summed E-state index contributed by atoms with van der Waals surface area (Å²) in [5.74, 6) is 0.846. The molecule has 0 saturated carbocycles. The number of halogens is 1. The number of benzene rings is 1. The van der Waals surface area contributed by atoms with Crippen molar-refractivity contribution in [3.05, 3.63) is 47.8 Å². The van der Waals surface area contributed by atoms with Gasteiger partial charge in [0.2, 0.25) is 0 Å². The third-order valence-corrected chi connectivity index (χ3v) is 5.30. The van der Waals surface area contributed by atoms with Crippen LogP contribution in [0.1, 0.15) is 48.8 Å². The lowest BCUT2D eigenvalue weighted by molar-refractivity contribution is 0.0696. The van der Waals surface area contributed by atoms with E-state index in [0.29, 0.717) is 18.3 Å². The first kappa shape index (κ1) is 22.2. The summed E-state index contributed by atoms with van der Waals surface area (Å²) in [6.07, 6.45) is 4.99. The molecule has 2 unspecified atom stereocenters. The number of hydrogen-bond acceptors (Lipinski definition) is 4. The van der Waals surface area contributed by atoms with Crippen LogP contribution in [0.3, 0.4) is 0 Å². The molecule has 2 atom stereocenters. The highest BCUT2D eigenvalue weighted by Crippen LogP contribution is 2.18. The minimum Gasteiger partial charge on any atom is -0.497 e. The number of nitrogens with one attached hydrogen (secondary N) is 1. The first-order valence-corrected chi connectivity index (χ1v) is 9.82. The van der Waals surface area contributed by atoms with E-state index in [-0.39, 0.29) is 24.4 Å². The van der Waals surface area contributed by atoms with Crippen LogP contribution in [0.25, 0.3) is 0 Å². The maximum absolute atomic E-state index is 13.0. The number of amides is 1. The summed E-state index contributed by atoms with van der Waals surface area (Å²) in [6, 6.07) is 10.3. The van der Waals surface area contributed by atoms with Gasteiger partial charge in [-0.1, -0.05) is 12.1 Å². The normalized spacial score (nSPS) is 17.5. The molecule has 1 aromatic heterocycles. The quantitative estimate of drug-likeness (QED) is 0.766. The van der Waals surface area contributed by atoms with Crippen molar-refractivity contribution >= 4 is 18.3 Å². The molecule has 6 nitrogen and oxygen atoms in total. The molecule has 7 heteroatoms. The molecule has 0 aliphatic carbocycles. The van der Waals surface area contributed by atoms with Gasteiger partial charge in [0.1, 0.15) is 11.4 Å². The fraction of sp³-hybridized carbons (Fsp3) is 0.524. The maximum atomic E-state index is 13.0. The Kier molecular flexibility index (Phi) is 8.33. The van der Waals surface area contributed by atoms with E-state index in [1.54, 1.807) is 7.11 Å². The van der Waals surface area contributed by atoms with E-state index in [1.165, 1.54) is 5.56 Å². The average molecular weight is 407 g/mol. The van der Waals surface area contributed by atoms with Crippen LogP contribution in [0.4, 0.5) is 0 Å². The number of rotatable bonds is 7. The first-order chi connectivity index (χ1) is 13.1. The fourth-order valence-electron chi connectivity index (χ4n) is 3.73. The summed E-state index contributed by atoms with van der Waals surface area (Å²) >= 11 is 0. The van der Waals surface area contributed by atoms with E-state index in [0.717, 1.165) is 38.1 Å². The van der Waals surface area contributed by atoms with Crippen molar-refractivity contribution in [2.45, 2.75) is 45.2 Å². The molecule has 1 aliphatic heterocycles. The minimum atomic E-state index is 0. The monoisotopic (exact) mass is 406 g/mol. The van der Waals surface area contributed by atoms with Gasteiger partial charge in [-0.15, -0.1) is 12.4 Å². The molecular formula is C21H31ClN4O2. The van der Waals surface area contributed by atoms with Crippen molar-refractivity contribution in [1.29, 1.82) is 0 Å². The minimum absolute atomic E-state index is 0. The van der Waals surface area contributed by atoms with E-state index < -0.39 is 0 Å². The summed E-state index contributed by atoms with van der Waals surface area (Å²) in [4.78, 5) is 14.9. The predicted octanol–water partition coefficient (Wildman–Crippen LogP) is 3.33. The molecule has 154 valence electrons. The zero-order valence-electron chi connectivity index (χ0n) is 16.9. The summed E-state index contributed by atoms with van der Waals surface area (Å²) in [6.45, 7) is 6.75. The Labute approximate surface area is 173 Å². The lowest BCUT2D eigenvalue weighted by Crippen LogP contribution is -2.40. The molecule has 0 bridgehead atoms. The van der Waals surface area contributed by atoms with Crippen LogP contribution in [-0.4, -0.2) is 53.4 Å². The van der Waals surface area contributed by atoms with Gasteiger partial charge < -0.3 is 15.0 Å². The van der Waals surface area contributed by atoms with Gasteiger partial charge in [-0.2, -0.15) is 5.10 Å². The number of aromatic nitrogens is 2. The van der Waals surface area contributed by atoms with Crippen LogP contribution in [0.2, 0.25) is 0 Å². The van der Waals surface area contributed by atoms with Crippen LogP contribution in [0.15, 0.2) is 36.5 Å². The number of carbonyl (C=O) groups excluding carboxylic acids is 1. The van der Waals surface area contributed by atoms with Crippen LogP contribution in [-0.2, 0) is 6.42 Å². The molecular weight excluding hydrogens is 376 g/mol. The smallest absolute Gasteiger partial charge is 0.274 e. The van der Waals surface area contributed by atoms with Crippen molar-refractivity contribution < 1.29 is 9.53 Å². The number of hydrogen-bond donors (Lipinski definition) is 1. The van der Waals surface area contributed by atoms with Crippen molar-refractivity contribution in [2.24, 2.45) is 0 Å². The second-order valence-corrected chi connectivity index (χ2v) is 7.17. The molecule has 1 aliphatic rings. The number of methoxy groups -OCH3 is 1.